The van der Waals surface area contributed by atoms with Gasteiger partial charge in [-0.2, -0.15) is 0 Å². The van der Waals surface area contributed by atoms with Crippen molar-refractivity contribution in [2.24, 2.45) is 0 Å². The Bertz CT molecular complexity index is 622. The van der Waals surface area contributed by atoms with Gasteiger partial charge in [-0.3, -0.25) is 0 Å². The number of hydrogen-bond acceptors (Lipinski definition) is 3. The lowest BCUT2D eigenvalue weighted by Gasteiger charge is -2.36. The molecular formula is C16H19FN4. The zero-order valence-electron chi connectivity index (χ0n) is 12.1. The van der Waals surface area contributed by atoms with Gasteiger partial charge in [0, 0.05) is 17.6 Å². The third kappa shape index (κ3) is 2.25. The predicted molar refractivity (Wildman–Crippen MR) is 78.3 cm³/mol. The van der Waals surface area contributed by atoms with Crippen LogP contribution >= 0.6 is 0 Å². The van der Waals surface area contributed by atoms with E-state index in [-0.39, 0.29) is 5.82 Å². The molecule has 0 aliphatic carbocycles. The molecule has 2 aliphatic rings. The summed E-state index contributed by atoms with van der Waals surface area (Å²) in [7, 11) is 2.24. The quantitative estimate of drug-likeness (QED) is 0.851. The van der Waals surface area contributed by atoms with Crippen LogP contribution in [0.5, 0.6) is 0 Å². The molecule has 110 valence electrons. The van der Waals surface area contributed by atoms with Crippen LogP contribution in [0.15, 0.2) is 30.5 Å². The summed E-state index contributed by atoms with van der Waals surface area (Å²) in [6, 6.07) is 8.25. The van der Waals surface area contributed by atoms with Crippen LogP contribution in [0, 0.1) is 5.82 Å². The Morgan fingerprint density at radius 2 is 1.71 bits per heavy atom. The molecule has 2 fully saturated rings. The van der Waals surface area contributed by atoms with Gasteiger partial charge in [0.25, 0.3) is 0 Å². The van der Waals surface area contributed by atoms with E-state index in [9.17, 15) is 4.39 Å². The summed E-state index contributed by atoms with van der Waals surface area (Å²) in [6.07, 6.45) is 6.91. The van der Waals surface area contributed by atoms with Crippen molar-refractivity contribution >= 4 is 0 Å². The number of halogens is 1. The number of benzene rings is 1. The molecule has 2 atom stereocenters. The second-order valence-electron chi connectivity index (χ2n) is 6.27. The molecule has 0 amide bonds. The van der Waals surface area contributed by atoms with Crippen LogP contribution in [0.4, 0.5) is 4.39 Å². The van der Waals surface area contributed by atoms with Gasteiger partial charge < -0.3 is 4.90 Å². The van der Waals surface area contributed by atoms with Crippen LogP contribution in [-0.2, 0) is 0 Å². The zero-order chi connectivity index (χ0) is 14.4. The molecule has 0 N–H and O–H groups in total. The summed E-state index contributed by atoms with van der Waals surface area (Å²) in [4.78, 5) is 2.52. The summed E-state index contributed by atoms with van der Waals surface area (Å²) >= 11 is 0. The number of aromatic nitrogens is 3. The summed E-state index contributed by atoms with van der Waals surface area (Å²) in [5.41, 5.74) is 1.74. The van der Waals surface area contributed by atoms with Crippen molar-refractivity contribution in [2.75, 3.05) is 7.05 Å². The molecular weight excluding hydrogens is 267 g/mol. The minimum absolute atomic E-state index is 0.224. The molecule has 0 radical (unpaired) electrons. The molecule has 2 aromatic rings. The van der Waals surface area contributed by atoms with E-state index in [1.54, 1.807) is 12.1 Å². The first-order valence-corrected chi connectivity index (χ1v) is 7.60. The number of piperidine rings is 1. The maximum Gasteiger partial charge on any atom is 0.123 e. The fraction of sp³-hybridized carbons (Fsp3) is 0.500. The molecule has 0 spiro atoms. The minimum Gasteiger partial charge on any atom is -0.300 e. The largest absolute Gasteiger partial charge is 0.300 e. The lowest BCUT2D eigenvalue weighted by Crippen LogP contribution is -2.40. The first-order chi connectivity index (χ1) is 10.2. The number of nitrogens with zero attached hydrogens (tertiary/aromatic N) is 4. The Morgan fingerprint density at radius 1 is 1.05 bits per heavy atom. The number of fused-ring (bicyclic) bond motifs is 2. The maximum atomic E-state index is 13.0. The van der Waals surface area contributed by atoms with Gasteiger partial charge in [-0.05, 0) is 57.0 Å². The number of rotatable bonds is 2. The molecule has 2 aliphatic heterocycles. The van der Waals surface area contributed by atoms with E-state index in [1.807, 2.05) is 10.9 Å². The second-order valence-corrected chi connectivity index (χ2v) is 6.27. The van der Waals surface area contributed by atoms with Gasteiger partial charge >= 0.3 is 0 Å². The van der Waals surface area contributed by atoms with Crippen LogP contribution in [-0.4, -0.2) is 39.0 Å². The van der Waals surface area contributed by atoms with Gasteiger partial charge in [0.1, 0.15) is 11.5 Å². The van der Waals surface area contributed by atoms with E-state index in [1.165, 1.54) is 25.0 Å². The molecule has 4 nitrogen and oxygen atoms in total. The average Bonchev–Trinajstić information content (AvgIpc) is 3.03. The lowest BCUT2D eigenvalue weighted by molar-refractivity contribution is 0.130. The zero-order valence-corrected chi connectivity index (χ0v) is 12.1. The molecule has 1 aromatic heterocycles. The van der Waals surface area contributed by atoms with E-state index >= 15 is 0 Å². The van der Waals surface area contributed by atoms with Gasteiger partial charge in [-0.1, -0.05) is 5.21 Å². The monoisotopic (exact) mass is 286 g/mol. The molecule has 2 saturated heterocycles. The van der Waals surface area contributed by atoms with Crippen molar-refractivity contribution in [3.8, 4) is 11.3 Å². The first-order valence-electron chi connectivity index (χ1n) is 7.60. The van der Waals surface area contributed by atoms with Crippen LogP contribution in [0.1, 0.15) is 31.7 Å². The SMILES string of the molecule is CN1C2CCC1CC(n1cc(-c3ccc(F)cc3)nn1)C2. The summed E-state index contributed by atoms with van der Waals surface area (Å²) in [5, 5.41) is 8.57. The van der Waals surface area contributed by atoms with Crippen molar-refractivity contribution in [1.82, 2.24) is 19.9 Å². The highest BCUT2D eigenvalue weighted by Crippen LogP contribution is 2.39. The highest BCUT2D eigenvalue weighted by molar-refractivity contribution is 5.57. The highest BCUT2D eigenvalue weighted by atomic mass is 19.1. The van der Waals surface area contributed by atoms with Crippen LogP contribution < -0.4 is 0 Å². The Hall–Kier alpha value is -1.75. The summed E-state index contributed by atoms with van der Waals surface area (Å²) in [6.45, 7) is 0. The van der Waals surface area contributed by atoms with Crippen LogP contribution in [0.3, 0.4) is 0 Å². The summed E-state index contributed by atoms with van der Waals surface area (Å²) < 4.78 is 15.0. The van der Waals surface area contributed by atoms with Gasteiger partial charge in [0.2, 0.25) is 0 Å². The Labute approximate surface area is 123 Å². The van der Waals surface area contributed by atoms with E-state index in [0.29, 0.717) is 18.1 Å². The topological polar surface area (TPSA) is 34.0 Å². The normalized spacial score (nSPS) is 29.0. The van der Waals surface area contributed by atoms with Crippen LogP contribution in [0.2, 0.25) is 0 Å². The van der Waals surface area contributed by atoms with Gasteiger partial charge in [0.15, 0.2) is 0 Å². The van der Waals surface area contributed by atoms with Crippen LogP contribution in [0.25, 0.3) is 11.3 Å². The van der Waals surface area contributed by atoms with Crippen molar-refractivity contribution < 1.29 is 4.39 Å². The second kappa shape index (κ2) is 4.91. The molecule has 21 heavy (non-hydrogen) atoms. The van der Waals surface area contributed by atoms with Gasteiger partial charge in [-0.25, -0.2) is 9.07 Å². The van der Waals surface area contributed by atoms with E-state index in [4.69, 9.17) is 0 Å². The fourth-order valence-electron chi connectivity index (χ4n) is 3.81. The smallest absolute Gasteiger partial charge is 0.123 e. The molecule has 2 unspecified atom stereocenters. The van der Waals surface area contributed by atoms with E-state index in [0.717, 1.165) is 24.1 Å². The third-order valence-electron chi connectivity index (χ3n) is 5.10. The van der Waals surface area contributed by atoms with Crippen molar-refractivity contribution in [2.45, 2.75) is 43.8 Å². The first kappa shape index (κ1) is 13.0. The van der Waals surface area contributed by atoms with E-state index < -0.39 is 0 Å². The molecule has 5 heteroatoms. The van der Waals surface area contributed by atoms with Crippen molar-refractivity contribution in [1.29, 1.82) is 0 Å². The summed E-state index contributed by atoms with van der Waals surface area (Å²) in [5.74, 6) is -0.224. The molecule has 3 heterocycles. The Morgan fingerprint density at radius 3 is 2.38 bits per heavy atom. The van der Waals surface area contributed by atoms with Gasteiger partial charge in [0.05, 0.1) is 12.2 Å². The molecule has 4 rings (SSSR count). The minimum atomic E-state index is -0.224. The highest BCUT2D eigenvalue weighted by Gasteiger charge is 2.39. The molecule has 1 aromatic carbocycles. The lowest BCUT2D eigenvalue weighted by atomic mass is 9.98. The standard InChI is InChI=1S/C16H19FN4/c1-20-13-6-7-14(20)9-15(8-13)21-10-16(18-19-21)11-2-4-12(17)5-3-11/h2-5,10,13-15H,6-9H2,1H3. The maximum absolute atomic E-state index is 13.0. The third-order valence-corrected chi connectivity index (χ3v) is 5.10. The number of hydrogen-bond donors (Lipinski definition) is 0. The van der Waals surface area contributed by atoms with Crippen molar-refractivity contribution in [3.63, 3.8) is 0 Å². The fourth-order valence-corrected chi connectivity index (χ4v) is 3.81. The molecule has 2 bridgehead atoms. The Balaban J connectivity index is 1.56. The average molecular weight is 286 g/mol. The Kier molecular flexibility index (Phi) is 3.03. The van der Waals surface area contributed by atoms with E-state index in [2.05, 4.69) is 22.3 Å². The predicted octanol–water partition coefficient (Wildman–Crippen LogP) is 2.88. The van der Waals surface area contributed by atoms with Crippen molar-refractivity contribution in [3.05, 3.63) is 36.3 Å². The van der Waals surface area contributed by atoms with Gasteiger partial charge in [-0.15, -0.1) is 5.10 Å². The molecule has 0 saturated carbocycles.